The molecule has 0 spiro atoms. The molecule has 1 rings (SSSR count). The van der Waals surface area contributed by atoms with Gasteiger partial charge in [-0.25, -0.2) is 0 Å². The molecule has 2 nitrogen and oxygen atoms in total. The van der Waals surface area contributed by atoms with Crippen LogP contribution in [0.3, 0.4) is 0 Å². The number of unbranched alkanes of at least 4 members (excludes halogenated alkanes) is 27. The summed E-state index contributed by atoms with van der Waals surface area (Å²) in [5, 5.41) is 0. The van der Waals surface area contributed by atoms with Crippen molar-refractivity contribution in [1.29, 1.82) is 0 Å². The summed E-state index contributed by atoms with van der Waals surface area (Å²) in [7, 11) is 0. The lowest BCUT2D eigenvalue weighted by Crippen LogP contribution is -2.39. The summed E-state index contributed by atoms with van der Waals surface area (Å²) in [6.07, 6.45) is 50.1. The molecule has 1 aliphatic heterocycles. The van der Waals surface area contributed by atoms with E-state index in [-0.39, 0.29) is 0 Å². The van der Waals surface area contributed by atoms with Gasteiger partial charge in [0.15, 0.2) is 0 Å². The van der Waals surface area contributed by atoms with Crippen LogP contribution in [0.1, 0.15) is 220 Å². The molecule has 41 heavy (non-hydrogen) atoms. The van der Waals surface area contributed by atoms with Gasteiger partial charge in [-0.3, -0.25) is 0 Å². The van der Waals surface area contributed by atoms with Gasteiger partial charge in [0.25, 0.3) is 0 Å². The Hall–Kier alpha value is -0.660. The van der Waals surface area contributed by atoms with E-state index < -0.39 is 0 Å². The van der Waals surface area contributed by atoms with E-state index in [2.05, 4.69) is 43.0 Å². The van der Waals surface area contributed by atoms with Gasteiger partial charge in [-0.2, -0.15) is 0 Å². The molecule has 0 bridgehead atoms. The van der Waals surface area contributed by atoms with Gasteiger partial charge in [0, 0.05) is 25.5 Å². The molecule has 1 aliphatic rings. The molecular formula is C39H78N2. The molecule has 1 unspecified atom stereocenters. The zero-order valence-electron chi connectivity index (χ0n) is 29.0. The minimum absolute atomic E-state index is 0.638. The van der Waals surface area contributed by atoms with Gasteiger partial charge in [0.1, 0.15) is 6.17 Å². The Kier molecular flexibility index (Phi) is 28.8. The Balaban J connectivity index is 1.97. The van der Waals surface area contributed by atoms with Crippen molar-refractivity contribution in [3.8, 4) is 0 Å². The highest BCUT2D eigenvalue weighted by Gasteiger charge is 2.24. The Morgan fingerprint density at radius 3 is 0.951 bits per heavy atom. The Bertz CT molecular complexity index is 530. The van der Waals surface area contributed by atoms with E-state index in [0.717, 1.165) is 0 Å². The van der Waals surface area contributed by atoms with Crippen molar-refractivity contribution >= 4 is 0 Å². The third-order valence-electron chi connectivity index (χ3n) is 9.53. The Morgan fingerprint density at radius 1 is 0.317 bits per heavy atom. The standard InChI is InChI=1S/C39H78N2/c1-4-7-9-11-13-15-17-19-20-21-22-23-24-26-28-30-32-34-39-40(35-6-3)37-38-41(39)36-33-31-29-27-25-18-16-14-12-10-8-5-2/h37-39H,4-36H2,1-3H3. The minimum Gasteiger partial charge on any atom is -0.356 e. The highest BCUT2D eigenvalue weighted by Crippen LogP contribution is 2.23. The van der Waals surface area contributed by atoms with Crippen LogP contribution in [-0.2, 0) is 0 Å². The molecule has 0 saturated carbocycles. The molecule has 0 aromatic rings. The number of hydrogen-bond donors (Lipinski definition) is 0. The first-order valence-electron chi connectivity index (χ1n) is 19.5. The zero-order valence-corrected chi connectivity index (χ0v) is 29.0. The Morgan fingerprint density at radius 2 is 0.610 bits per heavy atom. The predicted octanol–water partition coefficient (Wildman–Crippen LogP) is 13.6. The van der Waals surface area contributed by atoms with Gasteiger partial charge in [-0.1, -0.05) is 194 Å². The third-order valence-corrected chi connectivity index (χ3v) is 9.53. The van der Waals surface area contributed by atoms with Gasteiger partial charge >= 0.3 is 0 Å². The topological polar surface area (TPSA) is 6.48 Å². The van der Waals surface area contributed by atoms with Crippen molar-refractivity contribution in [2.24, 2.45) is 0 Å². The van der Waals surface area contributed by atoms with E-state index in [1.165, 1.54) is 212 Å². The van der Waals surface area contributed by atoms with Gasteiger partial charge in [-0.05, 0) is 25.7 Å². The second kappa shape index (κ2) is 30.8. The average molecular weight is 575 g/mol. The maximum absolute atomic E-state index is 2.68. The van der Waals surface area contributed by atoms with Gasteiger partial charge in [-0.15, -0.1) is 0 Å². The van der Waals surface area contributed by atoms with Gasteiger partial charge < -0.3 is 9.80 Å². The molecule has 2 heteroatoms. The maximum Gasteiger partial charge on any atom is 0.101 e. The van der Waals surface area contributed by atoms with Crippen LogP contribution in [0.4, 0.5) is 0 Å². The van der Waals surface area contributed by atoms with E-state index in [1.54, 1.807) is 0 Å². The van der Waals surface area contributed by atoms with Crippen molar-refractivity contribution in [2.45, 2.75) is 226 Å². The van der Waals surface area contributed by atoms with Crippen LogP contribution in [0.25, 0.3) is 0 Å². The molecule has 0 aromatic carbocycles. The zero-order chi connectivity index (χ0) is 29.5. The lowest BCUT2D eigenvalue weighted by Gasteiger charge is -2.33. The summed E-state index contributed by atoms with van der Waals surface area (Å²) in [5.41, 5.74) is 0. The number of hydrogen-bond acceptors (Lipinski definition) is 2. The molecule has 0 radical (unpaired) electrons. The normalized spacial score (nSPS) is 15.0. The molecule has 0 amide bonds. The summed E-state index contributed by atoms with van der Waals surface area (Å²) in [5.74, 6) is 0. The third kappa shape index (κ3) is 23.5. The molecule has 0 aromatic heterocycles. The van der Waals surface area contributed by atoms with Crippen LogP contribution in [0.5, 0.6) is 0 Å². The predicted molar refractivity (Wildman–Crippen MR) is 186 cm³/mol. The molecule has 1 heterocycles. The fourth-order valence-electron chi connectivity index (χ4n) is 6.78. The van der Waals surface area contributed by atoms with Crippen LogP contribution in [0.2, 0.25) is 0 Å². The van der Waals surface area contributed by atoms with Crippen LogP contribution in [0, 0.1) is 0 Å². The van der Waals surface area contributed by atoms with Crippen LogP contribution >= 0.6 is 0 Å². The second-order valence-corrected chi connectivity index (χ2v) is 13.6. The highest BCUT2D eigenvalue weighted by atomic mass is 15.4. The first-order valence-corrected chi connectivity index (χ1v) is 19.5. The molecule has 0 saturated heterocycles. The largest absolute Gasteiger partial charge is 0.356 e. The monoisotopic (exact) mass is 575 g/mol. The van der Waals surface area contributed by atoms with E-state index in [0.29, 0.717) is 6.17 Å². The van der Waals surface area contributed by atoms with Crippen LogP contribution < -0.4 is 0 Å². The number of nitrogens with zero attached hydrogens (tertiary/aromatic N) is 2. The van der Waals surface area contributed by atoms with Crippen molar-refractivity contribution < 1.29 is 0 Å². The summed E-state index contributed by atoms with van der Waals surface area (Å²) < 4.78 is 0. The quantitative estimate of drug-likeness (QED) is 0.0719. The number of rotatable bonds is 33. The lowest BCUT2D eigenvalue weighted by atomic mass is 10.0. The first kappa shape index (κ1) is 38.4. The molecule has 0 aliphatic carbocycles. The van der Waals surface area contributed by atoms with E-state index >= 15 is 0 Å². The fourth-order valence-corrected chi connectivity index (χ4v) is 6.78. The van der Waals surface area contributed by atoms with Gasteiger partial charge in [0.05, 0.1) is 0 Å². The smallest absolute Gasteiger partial charge is 0.101 e. The summed E-state index contributed by atoms with van der Waals surface area (Å²) in [4.78, 5) is 5.31. The van der Waals surface area contributed by atoms with E-state index in [4.69, 9.17) is 0 Å². The van der Waals surface area contributed by atoms with E-state index in [1.807, 2.05) is 0 Å². The molecule has 244 valence electrons. The molecule has 0 fully saturated rings. The van der Waals surface area contributed by atoms with Crippen LogP contribution in [0.15, 0.2) is 12.4 Å². The van der Waals surface area contributed by atoms with Crippen LogP contribution in [-0.4, -0.2) is 29.1 Å². The van der Waals surface area contributed by atoms with Crippen molar-refractivity contribution in [3.63, 3.8) is 0 Å². The minimum atomic E-state index is 0.638. The second-order valence-electron chi connectivity index (χ2n) is 13.6. The van der Waals surface area contributed by atoms with Crippen molar-refractivity contribution in [3.05, 3.63) is 12.4 Å². The molecule has 0 N–H and O–H groups in total. The fraction of sp³-hybridized carbons (Fsp3) is 0.949. The summed E-state index contributed by atoms with van der Waals surface area (Å²) in [6, 6.07) is 0. The van der Waals surface area contributed by atoms with E-state index in [9.17, 15) is 0 Å². The summed E-state index contributed by atoms with van der Waals surface area (Å²) >= 11 is 0. The molecular weight excluding hydrogens is 496 g/mol. The van der Waals surface area contributed by atoms with Crippen molar-refractivity contribution in [2.75, 3.05) is 13.1 Å². The van der Waals surface area contributed by atoms with Crippen molar-refractivity contribution in [1.82, 2.24) is 9.80 Å². The highest BCUT2D eigenvalue weighted by molar-refractivity contribution is 4.96. The maximum atomic E-state index is 2.68. The molecule has 1 atom stereocenters. The first-order chi connectivity index (χ1) is 20.3. The lowest BCUT2D eigenvalue weighted by molar-refractivity contribution is 0.137. The Labute approximate surface area is 260 Å². The summed E-state index contributed by atoms with van der Waals surface area (Å²) in [6.45, 7) is 9.43. The average Bonchev–Trinajstić information content (AvgIpc) is 3.36. The van der Waals surface area contributed by atoms with Gasteiger partial charge in [0.2, 0.25) is 0 Å². The SMILES string of the molecule is CCCCCCCCCCCCCCCCCCCC1N(CCC)C=CN1CCCCCCCCCCCCCC.